The summed E-state index contributed by atoms with van der Waals surface area (Å²) in [6, 6.07) is 6.23. The molecule has 1 N–H and O–H groups in total. The summed E-state index contributed by atoms with van der Waals surface area (Å²) in [5.41, 5.74) is 3.09. The molecule has 6 heteroatoms. The van der Waals surface area contributed by atoms with Crippen molar-refractivity contribution in [3.8, 4) is 0 Å². The van der Waals surface area contributed by atoms with Crippen LogP contribution in [0.1, 0.15) is 37.7 Å². The SMILES string of the molecule is CCc1cc(N[C@@H](CC)c2ccnn2C)n2nccc2n1. The Morgan fingerprint density at radius 3 is 2.67 bits per heavy atom. The van der Waals surface area contributed by atoms with E-state index in [9.17, 15) is 0 Å². The van der Waals surface area contributed by atoms with E-state index >= 15 is 0 Å². The standard InChI is InChI=1S/C15H20N6/c1-4-11-10-15(21-14(18-11)7-9-17-21)19-12(5-2)13-6-8-16-20(13)3/h6-10,12,19H,4-5H2,1-3H3/t12-/m0/s1. The third kappa shape index (κ3) is 2.49. The summed E-state index contributed by atoms with van der Waals surface area (Å²) in [5.74, 6) is 0.968. The van der Waals surface area contributed by atoms with Gasteiger partial charge in [0.15, 0.2) is 5.65 Å². The van der Waals surface area contributed by atoms with E-state index in [2.05, 4.69) is 40.4 Å². The average molecular weight is 284 g/mol. The molecule has 0 aliphatic carbocycles. The Balaban J connectivity index is 2.00. The molecule has 0 radical (unpaired) electrons. The molecule has 0 fully saturated rings. The van der Waals surface area contributed by atoms with Gasteiger partial charge >= 0.3 is 0 Å². The van der Waals surface area contributed by atoms with Crippen LogP contribution in [-0.4, -0.2) is 24.4 Å². The molecule has 0 saturated carbocycles. The van der Waals surface area contributed by atoms with Crippen molar-refractivity contribution in [2.45, 2.75) is 32.7 Å². The van der Waals surface area contributed by atoms with Crippen molar-refractivity contribution in [2.75, 3.05) is 5.32 Å². The third-order valence-electron chi connectivity index (χ3n) is 3.72. The van der Waals surface area contributed by atoms with Gasteiger partial charge in [0.2, 0.25) is 0 Å². The van der Waals surface area contributed by atoms with Gasteiger partial charge in [-0.1, -0.05) is 13.8 Å². The molecule has 3 rings (SSSR count). The maximum atomic E-state index is 4.57. The number of fused-ring (bicyclic) bond motifs is 1. The Bertz CT molecular complexity index is 742. The minimum absolute atomic E-state index is 0.192. The van der Waals surface area contributed by atoms with E-state index in [-0.39, 0.29) is 6.04 Å². The molecule has 3 aromatic rings. The molecule has 0 saturated heterocycles. The molecule has 0 unspecified atom stereocenters. The Labute approximate surface area is 123 Å². The monoisotopic (exact) mass is 284 g/mol. The molecule has 3 aromatic heterocycles. The van der Waals surface area contributed by atoms with E-state index in [1.807, 2.05) is 34.6 Å². The third-order valence-corrected chi connectivity index (χ3v) is 3.72. The first-order chi connectivity index (χ1) is 10.2. The zero-order chi connectivity index (χ0) is 14.8. The van der Waals surface area contributed by atoms with Crippen LogP contribution in [0, 0.1) is 0 Å². The second-order valence-corrected chi connectivity index (χ2v) is 5.07. The zero-order valence-electron chi connectivity index (χ0n) is 12.6. The largest absolute Gasteiger partial charge is 0.362 e. The van der Waals surface area contributed by atoms with E-state index in [1.165, 1.54) is 0 Å². The molecule has 0 spiro atoms. The number of rotatable bonds is 5. The minimum atomic E-state index is 0.192. The molecule has 6 nitrogen and oxygen atoms in total. The number of anilines is 1. The summed E-state index contributed by atoms with van der Waals surface area (Å²) in [6.45, 7) is 4.27. The number of aromatic nitrogens is 5. The van der Waals surface area contributed by atoms with Crippen LogP contribution in [0.3, 0.4) is 0 Å². The number of hydrogen-bond donors (Lipinski definition) is 1. The highest BCUT2D eigenvalue weighted by atomic mass is 15.3. The highest BCUT2D eigenvalue weighted by molar-refractivity contribution is 5.50. The van der Waals surface area contributed by atoms with Gasteiger partial charge in [0.25, 0.3) is 0 Å². The summed E-state index contributed by atoms with van der Waals surface area (Å²) >= 11 is 0. The van der Waals surface area contributed by atoms with Crippen LogP contribution in [0.15, 0.2) is 30.6 Å². The van der Waals surface area contributed by atoms with Crippen LogP contribution < -0.4 is 5.32 Å². The Morgan fingerprint density at radius 1 is 1.19 bits per heavy atom. The van der Waals surface area contributed by atoms with Crippen molar-refractivity contribution in [3.63, 3.8) is 0 Å². The van der Waals surface area contributed by atoms with Gasteiger partial charge in [0, 0.05) is 31.1 Å². The Hall–Kier alpha value is -2.37. The van der Waals surface area contributed by atoms with Gasteiger partial charge in [-0.05, 0) is 18.9 Å². The van der Waals surface area contributed by atoms with Crippen LogP contribution in [0.5, 0.6) is 0 Å². The summed E-state index contributed by atoms with van der Waals surface area (Å²) in [5, 5.41) is 12.2. The zero-order valence-corrected chi connectivity index (χ0v) is 12.6. The molecule has 0 bridgehead atoms. The molecule has 0 aliphatic rings. The smallest absolute Gasteiger partial charge is 0.157 e. The lowest BCUT2D eigenvalue weighted by atomic mass is 10.1. The lowest BCUT2D eigenvalue weighted by molar-refractivity contribution is 0.629. The maximum absolute atomic E-state index is 4.57. The number of nitrogens with one attached hydrogen (secondary N) is 1. The lowest BCUT2D eigenvalue weighted by Crippen LogP contribution is -2.16. The van der Waals surface area contributed by atoms with Crippen LogP contribution in [-0.2, 0) is 13.5 Å². The average Bonchev–Trinajstić information content (AvgIpc) is 3.13. The van der Waals surface area contributed by atoms with Gasteiger partial charge in [0.05, 0.1) is 17.9 Å². The fraction of sp³-hybridized carbons (Fsp3) is 0.400. The van der Waals surface area contributed by atoms with Gasteiger partial charge < -0.3 is 5.32 Å². The molecule has 110 valence electrons. The molecule has 0 aliphatic heterocycles. The van der Waals surface area contributed by atoms with E-state index in [0.717, 1.165) is 35.7 Å². The fourth-order valence-electron chi connectivity index (χ4n) is 2.54. The van der Waals surface area contributed by atoms with Gasteiger partial charge in [-0.25, -0.2) is 4.98 Å². The molecular weight excluding hydrogens is 264 g/mol. The van der Waals surface area contributed by atoms with Crippen molar-refractivity contribution in [1.29, 1.82) is 0 Å². The van der Waals surface area contributed by atoms with Crippen LogP contribution in [0.25, 0.3) is 5.65 Å². The number of nitrogens with zero attached hydrogens (tertiary/aromatic N) is 5. The van der Waals surface area contributed by atoms with Gasteiger partial charge in [-0.3, -0.25) is 4.68 Å². The Morgan fingerprint density at radius 2 is 2.00 bits per heavy atom. The second-order valence-electron chi connectivity index (χ2n) is 5.07. The van der Waals surface area contributed by atoms with Crippen LogP contribution in [0.4, 0.5) is 5.82 Å². The molecular formula is C15H20N6. The predicted octanol–water partition coefficient (Wildman–Crippen LogP) is 2.59. The maximum Gasteiger partial charge on any atom is 0.157 e. The molecule has 3 heterocycles. The molecule has 1 atom stereocenters. The number of aryl methyl sites for hydroxylation is 2. The normalized spacial score (nSPS) is 12.7. The van der Waals surface area contributed by atoms with Gasteiger partial charge in [0.1, 0.15) is 5.82 Å². The predicted molar refractivity (Wildman–Crippen MR) is 82.2 cm³/mol. The quantitative estimate of drug-likeness (QED) is 0.782. The molecule has 0 aromatic carbocycles. The summed E-state index contributed by atoms with van der Waals surface area (Å²) < 4.78 is 3.75. The fourth-order valence-corrected chi connectivity index (χ4v) is 2.54. The van der Waals surface area contributed by atoms with Gasteiger partial charge in [-0.2, -0.15) is 14.7 Å². The van der Waals surface area contributed by atoms with Crippen LogP contribution >= 0.6 is 0 Å². The number of hydrogen-bond acceptors (Lipinski definition) is 4. The van der Waals surface area contributed by atoms with E-state index in [0.29, 0.717) is 0 Å². The summed E-state index contributed by atoms with van der Waals surface area (Å²) in [7, 11) is 1.97. The highest BCUT2D eigenvalue weighted by Crippen LogP contribution is 2.23. The van der Waals surface area contributed by atoms with Crippen molar-refractivity contribution < 1.29 is 0 Å². The Kier molecular flexibility index (Phi) is 3.60. The first-order valence-corrected chi connectivity index (χ1v) is 7.31. The van der Waals surface area contributed by atoms with Gasteiger partial charge in [-0.15, -0.1) is 0 Å². The highest BCUT2D eigenvalue weighted by Gasteiger charge is 2.15. The second kappa shape index (κ2) is 5.55. The van der Waals surface area contributed by atoms with Crippen molar-refractivity contribution in [1.82, 2.24) is 24.4 Å². The lowest BCUT2D eigenvalue weighted by Gasteiger charge is -2.19. The molecule has 0 amide bonds. The van der Waals surface area contributed by atoms with E-state index in [4.69, 9.17) is 0 Å². The summed E-state index contributed by atoms with van der Waals surface area (Å²) in [4.78, 5) is 4.57. The minimum Gasteiger partial charge on any atom is -0.362 e. The molecule has 21 heavy (non-hydrogen) atoms. The van der Waals surface area contributed by atoms with Crippen molar-refractivity contribution in [2.24, 2.45) is 7.05 Å². The van der Waals surface area contributed by atoms with E-state index in [1.54, 1.807) is 6.20 Å². The van der Waals surface area contributed by atoms with Crippen LogP contribution in [0.2, 0.25) is 0 Å². The first-order valence-electron chi connectivity index (χ1n) is 7.31. The first kappa shape index (κ1) is 13.6. The van der Waals surface area contributed by atoms with Crippen molar-refractivity contribution in [3.05, 3.63) is 42.0 Å². The topological polar surface area (TPSA) is 60.0 Å². The van der Waals surface area contributed by atoms with E-state index < -0.39 is 0 Å². The summed E-state index contributed by atoms with van der Waals surface area (Å²) in [6.07, 6.45) is 5.47. The van der Waals surface area contributed by atoms with Crippen molar-refractivity contribution >= 4 is 11.5 Å².